The molecule has 0 atom stereocenters. The van der Waals surface area contributed by atoms with Crippen molar-refractivity contribution in [2.75, 3.05) is 6.54 Å². The molecule has 2 aromatic carbocycles. The summed E-state index contributed by atoms with van der Waals surface area (Å²) in [6.07, 6.45) is 4.65. The molecule has 0 fully saturated rings. The van der Waals surface area contributed by atoms with E-state index in [-0.39, 0.29) is 5.91 Å². The molecular formula is C21H20N4O. The first-order chi connectivity index (χ1) is 12.7. The summed E-state index contributed by atoms with van der Waals surface area (Å²) in [6.45, 7) is 0.551. The third-order valence-corrected chi connectivity index (χ3v) is 4.55. The molecule has 0 saturated heterocycles. The van der Waals surface area contributed by atoms with E-state index in [2.05, 4.69) is 20.9 Å². The van der Waals surface area contributed by atoms with Gasteiger partial charge >= 0.3 is 0 Å². The monoisotopic (exact) mass is 344 g/mol. The third kappa shape index (κ3) is 3.11. The quantitative estimate of drug-likeness (QED) is 0.604. The van der Waals surface area contributed by atoms with E-state index in [0.717, 1.165) is 22.5 Å². The van der Waals surface area contributed by atoms with Crippen LogP contribution in [0, 0.1) is 0 Å². The second kappa shape index (κ2) is 6.88. The van der Waals surface area contributed by atoms with Gasteiger partial charge in [0.15, 0.2) is 0 Å². The van der Waals surface area contributed by atoms with Gasteiger partial charge in [-0.3, -0.25) is 4.79 Å². The fourth-order valence-corrected chi connectivity index (χ4v) is 3.10. The Labute approximate surface area is 151 Å². The van der Waals surface area contributed by atoms with Gasteiger partial charge in [0.1, 0.15) is 5.82 Å². The molecule has 2 heterocycles. The van der Waals surface area contributed by atoms with Crippen molar-refractivity contribution < 1.29 is 4.79 Å². The molecule has 0 radical (unpaired) electrons. The normalized spacial score (nSPS) is 11.0. The summed E-state index contributed by atoms with van der Waals surface area (Å²) < 4.78 is 4.08. The summed E-state index contributed by atoms with van der Waals surface area (Å²) in [6, 6.07) is 19.6. The van der Waals surface area contributed by atoms with Crippen LogP contribution in [0.4, 0.5) is 0 Å². The number of benzene rings is 2. The van der Waals surface area contributed by atoms with E-state index < -0.39 is 0 Å². The average molecular weight is 344 g/mol. The number of fused-ring (bicyclic) bond motifs is 1. The highest BCUT2D eigenvalue weighted by molar-refractivity contribution is 5.94. The van der Waals surface area contributed by atoms with Gasteiger partial charge in [-0.05, 0) is 48.5 Å². The number of carbonyl (C=O) groups is 1. The van der Waals surface area contributed by atoms with Crippen LogP contribution in [0.5, 0.6) is 0 Å². The van der Waals surface area contributed by atoms with Crippen molar-refractivity contribution in [2.24, 2.45) is 7.05 Å². The van der Waals surface area contributed by atoms with Crippen LogP contribution >= 0.6 is 0 Å². The first kappa shape index (κ1) is 16.1. The van der Waals surface area contributed by atoms with Gasteiger partial charge in [-0.2, -0.15) is 0 Å². The number of aromatic nitrogens is 3. The highest BCUT2D eigenvalue weighted by Gasteiger charge is 2.09. The molecule has 0 aliphatic heterocycles. The number of aryl methyl sites for hydroxylation is 1. The summed E-state index contributed by atoms with van der Waals surface area (Å²) in [5.41, 5.74) is 3.78. The number of carbonyl (C=O) groups excluding carboxylic acids is 1. The SMILES string of the molecule is Cn1c(CCNC(=O)c2ccc(-n3cccc3)cc2)nc2ccccc21. The standard InChI is InChI=1S/C21H20N4O/c1-24-19-7-3-2-6-18(19)23-20(24)12-13-22-21(26)16-8-10-17(11-9-16)25-14-4-5-15-25/h2-11,14-15H,12-13H2,1H3,(H,22,26). The first-order valence-corrected chi connectivity index (χ1v) is 8.64. The second-order valence-electron chi connectivity index (χ2n) is 6.22. The zero-order chi connectivity index (χ0) is 17.9. The molecule has 26 heavy (non-hydrogen) atoms. The van der Waals surface area contributed by atoms with E-state index in [1.54, 1.807) is 0 Å². The molecule has 5 nitrogen and oxygen atoms in total. The van der Waals surface area contributed by atoms with E-state index in [4.69, 9.17) is 0 Å². The first-order valence-electron chi connectivity index (χ1n) is 8.64. The number of nitrogens with one attached hydrogen (secondary N) is 1. The Balaban J connectivity index is 1.38. The lowest BCUT2D eigenvalue weighted by Gasteiger charge is -2.07. The molecule has 4 aromatic rings. The van der Waals surface area contributed by atoms with Crippen LogP contribution in [-0.4, -0.2) is 26.6 Å². The molecule has 2 aromatic heterocycles. The molecule has 5 heteroatoms. The number of nitrogens with zero attached hydrogens (tertiary/aromatic N) is 3. The van der Waals surface area contributed by atoms with Crippen LogP contribution in [-0.2, 0) is 13.5 Å². The Bertz CT molecular complexity index is 1030. The van der Waals surface area contributed by atoms with Crippen molar-refractivity contribution in [2.45, 2.75) is 6.42 Å². The Morgan fingerprint density at radius 2 is 1.73 bits per heavy atom. The number of hydrogen-bond donors (Lipinski definition) is 1. The maximum Gasteiger partial charge on any atom is 0.251 e. The van der Waals surface area contributed by atoms with Crippen molar-refractivity contribution in [1.29, 1.82) is 0 Å². The Hall–Kier alpha value is -3.34. The van der Waals surface area contributed by atoms with Crippen LogP contribution in [0.3, 0.4) is 0 Å². The smallest absolute Gasteiger partial charge is 0.251 e. The van der Waals surface area contributed by atoms with Gasteiger partial charge in [0.05, 0.1) is 11.0 Å². The lowest BCUT2D eigenvalue weighted by atomic mass is 10.2. The molecule has 0 saturated carbocycles. The van der Waals surface area contributed by atoms with Crippen molar-refractivity contribution in [3.8, 4) is 5.69 Å². The van der Waals surface area contributed by atoms with Crippen LogP contribution < -0.4 is 5.32 Å². The number of hydrogen-bond acceptors (Lipinski definition) is 2. The molecule has 0 unspecified atom stereocenters. The maximum absolute atomic E-state index is 12.3. The van der Waals surface area contributed by atoms with Gasteiger partial charge in [-0.15, -0.1) is 0 Å². The Morgan fingerprint density at radius 3 is 2.46 bits per heavy atom. The van der Waals surface area contributed by atoms with Crippen molar-refractivity contribution in [3.05, 3.63) is 84.4 Å². The largest absolute Gasteiger partial charge is 0.352 e. The van der Waals surface area contributed by atoms with Crippen molar-refractivity contribution >= 4 is 16.9 Å². The third-order valence-electron chi connectivity index (χ3n) is 4.55. The van der Waals surface area contributed by atoms with E-state index >= 15 is 0 Å². The van der Waals surface area contributed by atoms with Gasteiger partial charge in [0.25, 0.3) is 5.91 Å². The van der Waals surface area contributed by atoms with Crippen molar-refractivity contribution in [1.82, 2.24) is 19.4 Å². The lowest BCUT2D eigenvalue weighted by molar-refractivity contribution is 0.0954. The fourth-order valence-electron chi connectivity index (χ4n) is 3.10. The minimum atomic E-state index is -0.0668. The summed E-state index contributed by atoms with van der Waals surface area (Å²) in [4.78, 5) is 17.0. The number of rotatable bonds is 5. The highest BCUT2D eigenvalue weighted by atomic mass is 16.1. The molecule has 1 N–H and O–H groups in total. The van der Waals surface area contributed by atoms with Gasteiger partial charge in [-0.25, -0.2) is 4.98 Å². The molecule has 0 bridgehead atoms. The molecule has 0 spiro atoms. The van der Waals surface area contributed by atoms with E-state index in [9.17, 15) is 4.79 Å². The van der Waals surface area contributed by atoms with E-state index in [1.165, 1.54) is 0 Å². The Morgan fingerprint density at radius 1 is 1.00 bits per heavy atom. The van der Waals surface area contributed by atoms with E-state index in [1.807, 2.05) is 78.6 Å². The topological polar surface area (TPSA) is 51.9 Å². The summed E-state index contributed by atoms with van der Waals surface area (Å²) >= 11 is 0. The zero-order valence-electron chi connectivity index (χ0n) is 14.6. The maximum atomic E-state index is 12.3. The second-order valence-corrected chi connectivity index (χ2v) is 6.22. The number of amides is 1. The van der Waals surface area contributed by atoms with Crippen LogP contribution in [0.2, 0.25) is 0 Å². The minimum absolute atomic E-state index is 0.0668. The molecule has 0 aliphatic rings. The molecule has 0 aliphatic carbocycles. The summed E-state index contributed by atoms with van der Waals surface area (Å²) in [7, 11) is 2.01. The van der Waals surface area contributed by atoms with E-state index in [0.29, 0.717) is 18.5 Å². The van der Waals surface area contributed by atoms with Gasteiger partial charge in [0.2, 0.25) is 0 Å². The summed E-state index contributed by atoms with van der Waals surface area (Å²) in [5, 5.41) is 2.97. The number of imidazole rings is 1. The fraction of sp³-hybridized carbons (Fsp3) is 0.143. The number of para-hydroxylation sites is 2. The summed E-state index contributed by atoms with van der Waals surface area (Å²) in [5.74, 6) is 0.900. The minimum Gasteiger partial charge on any atom is -0.352 e. The molecular weight excluding hydrogens is 324 g/mol. The van der Waals surface area contributed by atoms with Gasteiger partial charge in [-0.1, -0.05) is 12.1 Å². The van der Waals surface area contributed by atoms with Gasteiger partial charge in [0, 0.05) is 43.7 Å². The predicted molar refractivity (Wildman–Crippen MR) is 103 cm³/mol. The average Bonchev–Trinajstić information content (AvgIpc) is 3.31. The highest BCUT2D eigenvalue weighted by Crippen LogP contribution is 2.14. The van der Waals surface area contributed by atoms with Crippen LogP contribution in [0.25, 0.3) is 16.7 Å². The predicted octanol–water partition coefficient (Wildman–Crippen LogP) is 3.34. The molecule has 1 amide bonds. The van der Waals surface area contributed by atoms with Gasteiger partial charge < -0.3 is 14.5 Å². The Kier molecular flexibility index (Phi) is 4.27. The molecule has 4 rings (SSSR count). The molecule has 130 valence electrons. The van der Waals surface area contributed by atoms with Crippen molar-refractivity contribution in [3.63, 3.8) is 0 Å². The van der Waals surface area contributed by atoms with Crippen LogP contribution in [0.15, 0.2) is 73.1 Å². The lowest BCUT2D eigenvalue weighted by Crippen LogP contribution is -2.26. The zero-order valence-corrected chi connectivity index (χ0v) is 14.6. The van der Waals surface area contributed by atoms with Crippen LogP contribution in [0.1, 0.15) is 16.2 Å².